The van der Waals surface area contributed by atoms with Gasteiger partial charge in [-0.1, -0.05) is 15.9 Å². The monoisotopic (exact) mass is 440 g/mol. The number of benzene rings is 1. The first-order valence-corrected chi connectivity index (χ1v) is 7.29. The molecule has 4 nitrogen and oxygen atoms in total. The van der Waals surface area contributed by atoms with Gasteiger partial charge in [0, 0.05) is 10.0 Å². The predicted octanol–water partition coefficient (Wildman–Crippen LogP) is 4.57. The Bertz CT molecular complexity index is 636. The molecule has 0 aromatic heterocycles. The van der Waals surface area contributed by atoms with Crippen LogP contribution in [0.1, 0.15) is 12.5 Å². The lowest BCUT2D eigenvalue weighted by Gasteiger charge is -2.27. The molecule has 0 saturated carbocycles. The minimum atomic E-state index is -6.45. The molecule has 0 radical (unpaired) electrons. The molecule has 0 aliphatic carbocycles. The number of hydrogen-bond donors (Lipinski definition) is 1. The van der Waals surface area contributed by atoms with E-state index >= 15 is 0 Å². The highest BCUT2D eigenvalue weighted by Gasteiger charge is 2.73. The summed E-state index contributed by atoms with van der Waals surface area (Å²) in [5, 5.41) is 2.79. The van der Waals surface area contributed by atoms with Crippen molar-refractivity contribution in [1.82, 2.24) is 5.43 Å². The quantitative estimate of drug-likeness (QED) is 0.292. The van der Waals surface area contributed by atoms with E-state index < -0.39 is 18.1 Å². The van der Waals surface area contributed by atoms with E-state index in [9.17, 15) is 30.7 Å². The molecule has 0 fully saturated rings. The third-order valence-electron chi connectivity index (χ3n) is 2.72. The Morgan fingerprint density at radius 1 is 1.16 bits per heavy atom. The number of hydrogen-bond acceptors (Lipinski definition) is 4. The second-order valence-corrected chi connectivity index (χ2v) is 5.39. The Kier molecular flexibility index (Phi) is 6.54. The molecule has 0 amide bonds. The molecule has 0 saturated heterocycles. The Labute approximate surface area is 146 Å². The summed E-state index contributed by atoms with van der Waals surface area (Å²) in [6.07, 6.45) is -5.84. The zero-order valence-corrected chi connectivity index (χ0v) is 14.3. The van der Waals surface area contributed by atoms with Gasteiger partial charge in [0.05, 0.1) is 19.9 Å². The van der Waals surface area contributed by atoms with Gasteiger partial charge in [0.15, 0.2) is 11.5 Å². The van der Waals surface area contributed by atoms with Gasteiger partial charge in [-0.3, -0.25) is 0 Å². The van der Waals surface area contributed by atoms with Crippen molar-refractivity contribution in [3.8, 4) is 11.5 Å². The fraction of sp³-hybridized carbons (Fsp3) is 0.462. The molecule has 0 aliphatic heterocycles. The molecule has 1 N–H and O–H groups in total. The molecular weight excluding hydrogens is 429 g/mol. The van der Waals surface area contributed by atoms with Crippen molar-refractivity contribution in [1.29, 1.82) is 0 Å². The van der Waals surface area contributed by atoms with E-state index in [2.05, 4.69) is 21.0 Å². The second kappa shape index (κ2) is 7.67. The van der Waals surface area contributed by atoms with Crippen LogP contribution in [0.2, 0.25) is 0 Å². The number of halogens is 8. The summed E-state index contributed by atoms with van der Waals surface area (Å²) >= 11 is 3.09. The summed E-state index contributed by atoms with van der Waals surface area (Å²) in [6, 6.07) is -2.86. The number of rotatable bonds is 7. The fourth-order valence-electron chi connectivity index (χ4n) is 1.57. The minimum Gasteiger partial charge on any atom is -0.493 e. The van der Waals surface area contributed by atoms with Crippen LogP contribution < -0.4 is 14.9 Å². The van der Waals surface area contributed by atoms with Crippen LogP contribution in [0.15, 0.2) is 21.7 Å². The Morgan fingerprint density at radius 3 is 2.24 bits per heavy atom. The van der Waals surface area contributed by atoms with Crippen LogP contribution in [-0.2, 0) is 0 Å². The normalized spacial score (nSPS) is 13.2. The van der Waals surface area contributed by atoms with Gasteiger partial charge in [0.1, 0.15) is 0 Å². The molecule has 12 heteroatoms. The maximum atomic E-state index is 13.1. The van der Waals surface area contributed by atoms with E-state index in [1.165, 1.54) is 19.2 Å². The van der Waals surface area contributed by atoms with Crippen molar-refractivity contribution < 1.29 is 40.2 Å². The number of ether oxygens (including phenoxy) is 2. The molecule has 1 aromatic carbocycles. The van der Waals surface area contributed by atoms with Crippen LogP contribution in [0.5, 0.6) is 11.5 Å². The average molecular weight is 441 g/mol. The van der Waals surface area contributed by atoms with Crippen molar-refractivity contribution >= 4 is 22.1 Å². The lowest BCUT2D eigenvalue weighted by atomic mass is 10.2. The third-order valence-corrected chi connectivity index (χ3v) is 3.17. The Morgan fingerprint density at radius 2 is 1.76 bits per heavy atom. The molecule has 1 rings (SSSR count). The number of nitrogens with one attached hydrogen (secondary N) is 1. The number of hydrazone groups is 1. The molecule has 0 bridgehead atoms. The van der Waals surface area contributed by atoms with Crippen molar-refractivity contribution in [3.05, 3.63) is 22.2 Å². The van der Waals surface area contributed by atoms with Gasteiger partial charge in [0.2, 0.25) is 0 Å². The van der Waals surface area contributed by atoms with Gasteiger partial charge in [-0.2, -0.15) is 35.8 Å². The first-order chi connectivity index (χ1) is 11.4. The summed E-state index contributed by atoms with van der Waals surface area (Å²) in [5.74, 6) is -6.09. The highest BCUT2D eigenvalue weighted by Crippen LogP contribution is 2.45. The third kappa shape index (κ3) is 4.67. The summed E-state index contributed by atoms with van der Waals surface area (Å²) in [6.45, 7) is 1.76. The molecule has 0 spiro atoms. The highest BCUT2D eigenvalue weighted by atomic mass is 79.9. The first kappa shape index (κ1) is 21.3. The van der Waals surface area contributed by atoms with Gasteiger partial charge in [-0.15, -0.1) is 0 Å². The molecular formula is C13H12BrF7N2O2. The number of nitrogens with zero attached hydrogens (tertiary/aromatic N) is 1. The van der Waals surface area contributed by atoms with E-state index in [-0.39, 0.29) is 23.7 Å². The molecule has 0 heterocycles. The maximum absolute atomic E-state index is 13.1. The van der Waals surface area contributed by atoms with Crippen LogP contribution >= 0.6 is 15.9 Å². The molecule has 0 unspecified atom stereocenters. The number of alkyl halides is 7. The first-order valence-electron chi connectivity index (χ1n) is 6.50. The van der Waals surface area contributed by atoms with E-state index in [0.29, 0.717) is 16.1 Å². The summed E-state index contributed by atoms with van der Waals surface area (Å²) in [7, 11) is 1.29. The Balaban J connectivity index is 3.12. The van der Waals surface area contributed by atoms with Crippen molar-refractivity contribution in [3.63, 3.8) is 0 Å². The summed E-state index contributed by atoms with van der Waals surface area (Å²) < 4.78 is 98.5. The predicted molar refractivity (Wildman–Crippen MR) is 78.5 cm³/mol. The highest BCUT2D eigenvalue weighted by molar-refractivity contribution is 9.10. The molecule has 0 atom stereocenters. The van der Waals surface area contributed by atoms with Crippen LogP contribution in [-0.4, -0.2) is 38.1 Å². The minimum absolute atomic E-state index is 0.00620. The van der Waals surface area contributed by atoms with Crippen LogP contribution in [0.4, 0.5) is 30.7 Å². The van der Waals surface area contributed by atoms with Crippen LogP contribution in [0, 0.1) is 0 Å². The topological polar surface area (TPSA) is 42.8 Å². The zero-order chi connectivity index (χ0) is 19.5. The van der Waals surface area contributed by atoms with Crippen molar-refractivity contribution in [2.75, 3.05) is 13.7 Å². The van der Waals surface area contributed by atoms with Crippen LogP contribution in [0.3, 0.4) is 0 Å². The summed E-state index contributed by atoms with van der Waals surface area (Å²) in [5.41, 5.74) is 0.541. The lowest BCUT2D eigenvalue weighted by Crippen LogP contribution is -2.58. The SMILES string of the molecule is CCOc1c(/C=N\NC(F)(F)C(F)(F)C(F)(F)F)cc(Br)cc1OC. The van der Waals surface area contributed by atoms with Gasteiger partial charge < -0.3 is 9.47 Å². The van der Waals surface area contributed by atoms with E-state index in [4.69, 9.17) is 9.47 Å². The Hall–Kier alpha value is -1.72. The molecule has 0 aliphatic rings. The number of methoxy groups -OCH3 is 1. The lowest BCUT2D eigenvalue weighted by molar-refractivity contribution is -0.361. The molecule has 1 aromatic rings. The fourth-order valence-corrected chi connectivity index (χ4v) is 2.02. The van der Waals surface area contributed by atoms with E-state index in [1.807, 2.05) is 0 Å². The van der Waals surface area contributed by atoms with E-state index in [1.54, 1.807) is 6.92 Å². The molecule has 142 valence electrons. The van der Waals surface area contributed by atoms with E-state index in [0.717, 1.165) is 0 Å². The van der Waals surface area contributed by atoms with Gasteiger partial charge in [0.25, 0.3) is 0 Å². The van der Waals surface area contributed by atoms with Gasteiger partial charge in [-0.05, 0) is 19.1 Å². The molecule has 25 heavy (non-hydrogen) atoms. The average Bonchev–Trinajstić information content (AvgIpc) is 2.48. The largest absolute Gasteiger partial charge is 0.493 e. The smallest absolute Gasteiger partial charge is 0.462 e. The second-order valence-electron chi connectivity index (χ2n) is 4.48. The van der Waals surface area contributed by atoms with Crippen LogP contribution in [0.25, 0.3) is 0 Å². The van der Waals surface area contributed by atoms with Gasteiger partial charge >= 0.3 is 18.1 Å². The zero-order valence-electron chi connectivity index (χ0n) is 12.7. The van der Waals surface area contributed by atoms with Gasteiger partial charge in [-0.25, -0.2) is 5.43 Å². The summed E-state index contributed by atoms with van der Waals surface area (Å²) in [4.78, 5) is 0. The standard InChI is InChI=1S/C13H12BrF7N2O2/c1-3-25-10-7(4-8(14)5-9(10)24-2)6-22-23-13(20,21)11(15,16)12(17,18)19/h4-6,23H,3H2,1-2H3/b22-6-. The maximum Gasteiger partial charge on any atom is 0.462 e. The van der Waals surface area contributed by atoms with Crippen molar-refractivity contribution in [2.24, 2.45) is 5.10 Å². The van der Waals surface area contributed by atoms with Crippen molar-refractivity contribution in [2.45, 2.75) is 25.1 Å².